The van der Waals surface area contributed by atoms with Crippen LogP contribution in [0.5, 0.6) is 0 Å². The van der Waals surface area contributed by atoms with Gasteiger partial charge in [0.05, 0.1) is 5.92 Å². The number of hydrogen-bond acceptors (Lipinski definition) is 7. The molecule has 41 heavy (non-hydrogen) atoms. The molecule has 0 saturated carbocycles. The summed E-state index contributed by atoms with van der Waals surface area (Å²) in [6.45, 7) is 4.32. The second-order valence-corrected chi connectivity index (χ2v) is 13.1. The first-order chi connectivity index (χ1) is 19.6. The summed E-state index contributed by atoms with van der Waals surface area (Å²) in [5.74, 6) is 2.90. The molecule has 0 bridgehead atoms. The van der Waals surface area contributed by atoms with E-state index in [2.05, 4.69) is 10.9 Å². The summed E-state index contributed by atoms with van der Waals surface area (Å²) in [6, 6.07) is 17.3. The van der Waals surface area contributed by atoms with Crippen LogP contribution >= 0.6 is 0 Å². The van der Waals surface area contributed by atoms with Gasteiger partial charge in [0.15, 0.2) is 20.9 Å². The molecule has 0 aromatic heterocycles. The molecular weight excluding hydrogens is 542 g/mol. The SMILES string of the molecule is CCCC(C[C@@H](c1ccc(C)cc1)[C@H](C/C=C/c1ccccc1)C(=O)NOC1CCCCO1)(C(=O)NN)S(C)(=O)=O. The van der Waals surface area contributed by atoms with E-state index in [1.165, 1.54) is 0 Å². The number of benzene rings is 2. The van der Waals surface area contributed by atoms with E-state index in [0.717, 1.165) is 35.8 Å². The highest BCUT2D eigenvalue weighted by Crippen LogP contribution is 2.41. The summed E-state index contributed by atoms with van der Waals surface area (Å²) < 4.78 is 30.4. The summed E-state index contributed by atoms with van der Waals surface area (Å²) in [5.41, 5.74) is 7.40. The molecule has 2 unspecified atom stereocenters. The van der Waals surface area contributed by atoms with E-state index in [1.807, 2.05) is 80.6 Å². The predicted molar refractivity (Wildman–Crippen MR) is 160 cm³/mol. The number of sulfone groups is 1. The van der Waals surface area contributed by atoms with Gasteiger partial charge in [-0.25, -0.2) is 24.6 Å². The number of hydrogen-bond donors (Lipinski definition) is 3. The van der Waals surface area contributed by atoms with Crippen molar-refractivity contribution in [3.05, 3.63) is 77.4 Å². The monoisotopic (exact) mass is 585 g/mol. The lowest BCUT2D eigenvalue weighted by atomic mass is 9.76. The molecule has 10 heteroatoms. The fraction of sp³-hybridized carbons (Fsp3) is 0.484. The molecule has 3 rings (SSSR count). The molecule has 224 valence electrons. The highest BCUT2D eigenvalue weighted by atomic mass is 32.2. The highest BCUT2D eigenvalue weighted by Gasteiger charge is 2.50. The Labute approximate surface area is 243 Å². The third-order valence-electron chi connectivity index (χ3n) is 7.71. The Morgan fingerprint density at radius 3 is 2.44 bits per heavy atom. The van der Waals surface area contributed by atoms with E-state index in [-0.39, 0.29) is 19.3 Å². The van der Waals surface area contributed by atoms with Gasteiger partial charge in [-0.15, -0.1) is 0 Å². The maximum atomic E-state index is 13.8. The van der Waals surface area contributed by atoms with E-state index in [1.54, 1.807) is 0 Å². The molecule has 0 radical (unpaired) electrons. The lowest BCUT2D eigenvalue weighted by molar-refractivity contribution is -0.202. The molecule has 0 aliphatic carbocycles. The molecule has 0 spiro atoms. The number of hydrazine groups is 1. The number of ether oxygens (including phenoxy) is 1. The largest absolute Gasteiger partial charge is 0.350 e. The van der Waals surface area contributed by atoms with Crippen LogP contribution in [0.4, 0.5) is 0 Å². The van der Waals surface area contributed by atoms with Crippen molar-refractivity contribution in [1.82, 2.24) is 10.9 Å². The first kappa shape index (κ1) is 32.5. The van der Waals surface area contributed by atoms with Crippen LogP contribution in [-0.4, -0.2) is 44.1 Å². The van der Waals surface area contributed by atoms with Crippen LogP contribution in [0.2, 0.25) is 0 Å². The van der Waals surface area contributed by atoms with Crippen molar-refractivity contribution in [3.8, 4) is 0 Å². The second-order valence-electron chi connectivity index (χ2n) is 10.7. The van der Waals surface area contributed by atoms with E-state index >= 15 is 0 Å². The zero-order valence-corrected chi connectivity index (χ0v) is 25.0. The van der Waals surface area contributed by atoms with Crippen molar-refractivity contribution in [1.29, 1.82) is 0 Å². The summed E-state index contributed by atoms with van der Waals surface area (Å²) in [5, 5.41) is 0. The minimum absolute atomic E-state index is 0.0534. The molecule has 1 fully saturated rings. The maximum absolute atomic E-state index is 13.8. The van der Waals surface area contributed by atoms with Crippen LogP contribution in [0, 0.1) is 12.8 Å². The Morgan fingerprint density at radius 2 is 1.85 bits per heavy atom. The number of nitrogens with two attached hydrogens (primary N) is 1. The second kappa shape index (κ2) is 15.3. The molecule has 1 saturated heterocycles. The molecule has 1 aliphatic rings. The van der Waals surface area contributed by atoms with Gasteiger partial charge >= 0.3 is 0 Å². The van der Waals surface area contributed by atoms with Gasteiger partial charge in [0, 0.05) is 19.3 Å². The summed E-state index contributed by atoms with van der Waals surface area (Å²) in [6.07, 6.45) is 7.44. The maximum Gasteiger partial charge on any atom is 0.255 e. The molecule has 4 N–H and O–H groups in total. The molecule has 2 aromatic rings. The van der Waals surface area contributed by atoms with E-state index in [9.17, 15) is 18.0 Å². The Hall–Kier alpha value is -3.05. The third kappa shape index (κ3) is 8.72. The van der Waals surface area contributed by atoms with Crippen LogP contribution in [0.1, 0.15) is 74.5 Å². The molecule has 1 aliphatic heterocycles. The normalized spacial score (nSPS) is 18.8. The quantitative estimate of drug-likeness (QED) is 0.170. The van der Waals surface area contributed by atoms with Crippen molar-refractivity contribution >= 4 is 27.7 Å². The van der Waals surface area contributed by atoms with Gasteiger partial charge in [0.2, 0.25) is 5.91 Å². The average Bonchev–Trinajstić information content (AvgIpc) is 2.97. The minimum Gasteiger partial charge on any atom is -0.350 e. The molecule has 9 nitrogen and oxygen atoms in total. The van der Waals surface area contributed by atoms with Gasteiger partial charge in [0.1, 0.15) is 0 Å². The third-order valence-corrected chi connectivity index (χ3v) is 9.69. The van der Waals surface area contributed by atoms with Crippen LogP contribution in [-0.2, 0) is 29.0 Å². The lowest BCUT2D eigenvalue weighted by Crippen LogP contribution is -2.55. The van der Waals surface area contributed by atoms with Gasteiger partial charge in [-0.05, 0) is 56.1 Å². The van der Waals surface area contributed by atoms with Gasteiger partial charge in [-0.3, -0.25) is 15.0 Å². The fourth-order valence-electron chi connectivity index (χ4n) is 5.38. The van der Waals surface area contributed by atoms with Crippen molar-refractivity contribution in [3.63, 3.8) is 0 Å². The highest BCUT2D eigenvalue weighted by molar-refractivity contribution is 7.92. The van der Waals surface area contributed by atoms with Crippen LogP contribution < -0.4 is 16.7 Å². The summed E-state index contributed by atoms with van der Waals surface area (Å²) in [7, 11) is -3.96. The number of rotatable bonds is 14. The average molecular weight is 586 g/mol. The van der Waals surface area contributed by atoms with Crippen molar-refractivity contribution in [2.75, 3.05) is 12.9 Å². The molecular formula is C31H43N3O6S. The van der Waals surface area contributed by atoms with E-state index in [0.29, 0.717) is 19.4 Å². The zero-order chi connectivity index (χ0) is 29.9. The zero-order valence-electron chi connectivity index (χ0n) is 24.2. The number of amides is 2. The number of nitrogens with one attached hydrogen (secondary N) is 2. The van der Waals surface area contributed by atoms with Crippen LogP contribution in [0.15, 0.2) is 60.7 Å². The molecule has 4 atom stereocenters. The molecule has 1 heterocycles. The fourth-order valence-corrected chi connectivity index (χ4v) is 6.84. The van der Waals surface area contributed by atoms with Crippen molar-refractivity contribution < 1.29 is 27.6 Å². The Balaban J connectivity index is 2.06. The summed E-state index contributed by atoms with van der Waals surface area (Å²) >= 11 is 0. The van der Waals surface area contributed by atoms with Gasteiger partial charge < -0.3 is 4.74 Å². The lowest BCUT2D eigenvalue weighted by Gasteiger charge is -2.36. The standard InChI is InChI=1S/C31H43N3O6S/c1-4-20-31(30(36)33-32,41(3,37)38)22-27(25-18-16-23(2)17-19-25)26(14-10-13-24-11-6-5-7-12-24)29(35)34-40-28-15-8-9-21-39-28/h5-7,10-13,16-19,26-28H,4,8-9,14-15,20-22,32H2,1-3H3,(H,33,36)(H,34,35)/b13-10+/t26-,27-,28?,31?/m0/s1. The smallest absolute Gasteiger partial charge is 0.255 e. The van der Waals surface area contributed by atoms with E-state index < -0.39 is 44.5 Å². The predicted octanol–water partition coefficient (Wildman–Crippen LogP) is 4.34. The number of hydroxylamine groups is 1. The first-order valence-corrected chi connectivity index (χ1v) is 16.1. The molecule has 2 amide bonds. The van der Waals surface area contributed by atoms with Crippen molar-refractivity contribution in [2.24, 2.45) is 11.8 Å². The minimum atomic E-state index is -3.96. The van der Waals surface area contributed by atoms with Gasteiger partial charge in [-0.2, -0.15) is 0 Å². The summed E-state index contributed by atoms with van der Waals surface area (Å²) in [4.78, 5) is 32.7. The number of aryl methyl sites for hydroxylation is 1. The first-order valence-electron chi connectivity index (χ1n) is 14.2. The van der Waals surface area contributed by atoms with Crippen LogP contribution in [0.25, 0.3) is 6.08 Å². The molecule has 2 aromatic carbocycles. The number of carbonyl (C=O) groups excluding carboxylic acids is 2. The van der Waals surface area contributed by atoms with Gasteiger partial charge in [-0.1, -0.05) is 85.7 Å². The van der Waals surface area contributed by atoms with E-state index in [4.69, 9.17) is 15.4 Å². The number of allylic oxidation sites excluding steroid dienone is 1. The topological polar surface area (TPSA) is 137 Å². The van der Waals surface area contributed by atoms with Crippen LogP contribution in [0.3, 0.4) is 0 Å². The Kier molecular flexibility index (Phi) is 12.1. The Bertz CT molecular complexity index is 1260. The van der Waals surface area contributed by atoms with Crippen molar-refractivity contribution in [2.45, 2.75) is 75.7 Å². The van der Waals surface area contributed by atoms with Gasteiger partial charge in [0.25, 0.3) is 5.91 Å². The number of carbonyl (C=O) groups is 2. The Morgan fingerprint density at radius 1 is 1.15 bits per heavy atom.